The molecule has 1 aliphatic carbocycles. The average Bonchev–Trinajstić information content (AvgIpc) is 2.78. The Morgan fingerprint density at radius 2 is 0.667 bits per heavy atom. The zero-order valence-electron chi connectivity index (χ0n) is 18.5. The van der Waals surface area contributed by atoms with Gasteiger partial charge in [0.15, 0.2) is 0 Å². The Morgan fingerprint density at radius 1 is 0.424 bits per heavy atom. The smallest absolute Gasteiger partial charge is 0.122 e. The van der Waals surface area contributed by atoms with Gasteiger partial charge in [0.2, 0.25) is 0 Å². The highest BCUT2D eigenvalue weighted by Crippen LogP contribution is 2.37. The number of aromatic hydroxyl groups is 4. The van der Waals surface area contributed by atoms with Gasteiger partial charge in [-0.05, 0) is 51.4 Å². The molecule has 1 aliphatic rings. The van der Waals surface area contributed by atoms with E-state index in [1.54, 1.807) is 0 Å². The molecule has 0 saturated carbocycles. The summed E-state index contributed by atoms with van der Waals surface area (Å²) in [7, 11) is 0. The number of benzene rings is 4. The van der Waals surface area contributed by atoms with Crippen molar-refractivity contribution in [3.8, 4) is 23.0 Å². The molecule has 8 bridgehead atoms. The number of hydrogen-bond donors (Lipinski definition) is 4. The number of phenols is 4. The Kier molecular flexibility index (Phi) is 5.21. The van der Waals surface area contributed by atoms with Crippen LogP contribution in [0.3, 0.4) is 0 Å². The van der Waals surface area contributed by atoms with Crippen LogP contribution in [0, 0.1) is 6.92 Å². The maximum absolute atomic E-state index is 11.1. The molecule has 0 spiro atoms. The summed E-state index contributed by atoms with van der Waals surface area (Å²) in [6, 6.07) is 20.7. The van der Waals surface area contributed by atoms with Crippen LogP contribution in [0.15, 0.2) is 66.7 Å². The number of hydrogen-bond acceptors (Lipinski definition) is 4. The van der Waals surface area contributed by atoms with Crippen LogP contribution in [0.5, 0.6) is 23.0 Å². The zero-order chi connectivity index (χ0) is 23.1. The number of phenolic OH excluding ortho intramolecular Hbond substituents is 4. The van der Waals surface area contributed by atoms with Gasteiger partial charge in [0.25, 0.3) is 0 Å². The Balaban J connectivity index is 1.73. The highest BCUT2D eigenvalue weighted by Gasteiger charge is 2.18. The van der Waals surface area contributed by atoms with Crippen molar-refractivity contribution in [3.63, 3.8) is 0 Å². The van der Waals surface area contributed by atoms with Crippen molar-refractivity contribution in [3.05, 3.63) is 117 Å². The summed E-state index contributed by atoms with van der Waals surface area (Å²) < 4.78 is 0. The first kappa shape index (κ1) is 21.0. The first-order valence-electron chi connectivity index (χ1n) is 11.1. The van der Waals surface area contributed by atoms with E-state index in [2.05, 4.69) is 0 Å². The molecule has 0 amide bonds. The molecule has 0 heterocycles. The highest BCUT2D eigenvalue weighted by molar-refractivity contribution is 5.55. The quantitative estimate of drug-likeness (QED) is 0.258. The van der Waals surface area contributed by atoms with Gasteiger partial charge in [-0.25, -0.2) is 0 Å². The monoisotopic (exact) mass is 438 g/mol. The summed E-state index contributed by atoms with van der Waals surface area (Å²) in [5, 5.41) is 44.1. The molecular formula is C29H26O4. The number of fused-ring (bicyclic) bond motifs is 8. The van der Waals surface area contributed by atoms with E-state index in [-0.39, 0.29) is 23.0 Å². The van der Waals surface area contributed by atoms with E-state index >= 15 is 0 Å². The van der Waals surface area contributed by atoms with Crippen LogP contribution in [0.2, 0.25) is 0 Å². The highest BCUT2D eigenvalue weighted by atomic mass is 16.3. The normalized spacial score (nSPS) is 13.0. The van der Waals surface area contributed by atoms with Crippen molar-refractivity contribution in [2.24, 2.45) is 0 Å². The number of rotatable bonds is 0. The van der Waals surface area contributed by atoms with E-state index in [0.29, 0.717) is 59.1 Å². The number of aryl methyl sites for hydroxylation is 1. The lowest BCUT2D eigenvalue weighted by molar-refractivity contribution is 0.450. The minimum absolute atomic E-state index is 0.178. The fourth-order valence-corrected chi connectivity index (χ4v) is 4.81. The summed E-state index contributed by atoms with van der Waals surface area (Å²) >= 11 is 0. The fourth-order valence-electron chi connectivity index (χ4n) is 4.81. The number of para-hydroxylation sites is 3. The zero-order valence-corrected chi connectivity index (χ0v) is 18.5. The Hall–Kier alpha value is -3.92. The minimum Gasteiger partial charge on any atom is -0.507 e. The summed E-state index contributed by atoms with van der Waals surface area (Å²) in [6.07, 6.45) is 1.49. The molecule has 0 atom stereocenters. The molecule has 33 heavy (non-hydrogen) atoms. The van der Waals surface area contributed by atoms with E-state index in [1.165, 1.54) is 0 Å². The third-order valence-corrected chi connectivity index (χ3v) is 6.55. The van der Waals surface area contributed by atoms with Crippen LogP contribution in [0.25, 0.3) is 0 Å². The van der Waals surface area contributed by atoms with E-state index < -0.39 is 0 Å². The van der Waals surface area contributed by atoms with Gasteiger partial charge in [-0.15, -0.1) is 0 Å². The molecule has 0 radical (unpaired) electrons. The van der Waals surface area contributed by atoms with Gasteiger partial charge in [0.1, 0.15) is 23.0 Å². The Labute approximate surface area is 193 Å². The Bertz CT molecular complexity index is 1270. The molecule has 4 heteroatoms. The van der Waals surface area contributed by atoms with Crippen LogP contribution in [-0.2, 0) is 25.7 Å². The summed E-state index contributed by atoms with van der Waals surface area (Å²) in [5.74, 6) is 0.724. The molecular weight excluding hydrogens is 412 g/mol. The van der Waals surface area contributed by atoms with Crippen molar-refractivity contribution in [1.82, 2.24) is 0 Å². The van der Waals surface area contributed by atoms with Crippen LogP contribution < -0.4 is 0 Å². The van der Waals surface area contributed by atoms with Crippen LogP contribution in [0.4, 0.5) is 0 Å². The first-order chi connectivity index (χ1) is 15.9. The second-order valence-electron chi connectivity index (χ2n) is 8.91. The predicted molar refractivity (Wildman–Crippen MR) is 128 cm³/mol. The maximum atomic E-state index is 11.1. The molecule has 0 saturated heterocycles. The molecule has 4 N–H and O–H groups in total. The molecule has 4 aromatic carbocycles. The fraction of sp³-hybridized carbons (Fsp3) is 0.172. The third kappa shape index (κ3) is 3.89. The molecule has 0 fully saturated rings. The lowest BCUT2D eigenvalue weighted by Gasteiger charge is -2.17. The lowest BCUT2D eigenvalue weighted by Crippen LogP contribution is -2.01. The second kappa shape index (κ2) is 8.21. The van der Waals surface area contributed by atoms with E-state index in [1.807, 2.05) is 73.7 Å². The molecule has 0 aromatic heterocycles. The van der Waals surface area contributed by atoms with Crippen LogP contribution in [-0.4, -0.2) is 20.4 Å². The van der Waals surface area contributed by atoms with Crippen molar-refractivity contribution >= 4 is 0 Å². The maximum Gasteiger partial charge on any atom is 0.122 e. The topological polar surface area (TPSA) is 80.9 Å². The third-order valence-electron chi connectivity index (χ3n) is 6.55. The van der Waals surface area contributed by atoms with Gasteiger partial charge in [-0.1, -0.05) is 72.3 Å². The summed E-state index contributed by atoms with van der Waals surface area (Å²) in [5.41, 5.74) is 6.74. The standard InChI is InChI=1S/C29H26O4/c1-17-11-24-15-22-9-3-7-20(27(22)31)13-18-5-2-6-19(26(18)30)14-21-8-4-10-23(28(21)32)16-25(12-17)29(24)33/h2-12,30-33H,13-16H2,1H3. The van der Waals surface area contributed by atoms with Gasteiger partial charge in [0.05, 0.1) is 0 Å². The summed E-state index contributed by atoms with van der Waals surface area (Å²) in [6.45, 7) is 1.98. The molecule has 166 valence electrons. The van der Waals surface area contributed by atoms with Crippen molar-refractivity contribution < 1.29 is 20.4 Å². The predicted octanol–water partition coefficient (Wildman–Crippen LogP) is 5.49. The largest absolute Gasteiger partial charge is 0.507 e. The van der Waals surface area contributed by atoms with Gasteiger partial charge in [-0.3, -0.25) is 0 Å². The molecule has 0 unspecified atom stereocenters. The van der Waals surface area contributed by atoms with Crippen LogP contribution >= 0.6 is 0 Å². The van der Waals surface area contributed by atoms with Gasteiger partial charge in [-0.2, -0.15) is 0 Å². The molecule has 4 nitrogen and oxygen atoms in total. The van der Waals surface area contributed by atoms with E-state index in [4.69, 9.17) is 0 Å². The van der Waals surface area contributed by atoms with Crippen molar-refractivity contribution in [1.29, 1.82) is 0 Å². The minimum atomic E-state index is 0.178. The molecule has 4 aromatic rings. The molecule has 0 aliphatic heterocycles. The SMILES string of the molecule is Cc1cc2c(O)c(c1)Cc1cccc(c1O)Cc1cccc(c1O)Cc1cccc(c1O)C2. The average molecular weight is 439 g/mol. The van der Waals surface area contributed by atoms with Gasteiger partial charge >= 0.3 is 0 Å². The van der Waals surface area contributed by atoms with Gasteiger partial charge in [0, 0.05) is 25.7 Å². The van der Waals surface area contributed by atoms with E-state index in [9.17, 15) is 20.4 Å². The van der Waals surface area contributed by atoms with Crippen molar-refractivity contribution in [2.75, 3.05) is 0 Å². The van der Waals surface area contributed by atoms with Crippen LogP contribution in [0.1, 0.15) is 50.1 Å². The Morgan fingerprint density at radius 3 is 0.970 bits per heavy atom. The molecule has 5 rings (SSSR count). The van der Waals surface area contributed by atoms with E-state index in [0.717, 1.165) is 16.7 Å². The summed E-state index contributed by atoms with van der Waals surface area (Å²) in [4.78, 5) is 0. The van der Waals surface area contributed by atoms with Crippen molar-refractivity contribution in [2.45, 2.75) is 32.6 Å². The lowest BCUT2D eigenvalue weighted by atomic mass is 9.91. The first-order valence-corrected chi connectivity index (χ1v) is 11.1. The second-order valence-corrected chi connectivity index (χ2v) is 8.91. The van der Waals surface area contributed by atoms with Gasteiger partial charge < -0.3 is 20.4 Å².